The zero-order chi connectivity index (χ0) is 28.3. The van der Waals surface area contributed by atoms with Crippen molar-refractivity contribution < 1.29 is 30.2 Å². The summed E-state index contributed by atoms with van der Waals surface area (Å²) in [4.78, 5) is 9.25. The van der Waals surface area contributed by atoms with Crippen LogP contribution in [0.5, 0.6) is 11.5 Å². The number of hydrogen-bond donors (Lipinski definition) is 0. The number of aromatic nitrogens is 1. The van der Waals surface area contributed by atoms with Crippen LogP contribution in [0.3, 0.4) is 0 Å². The van der Waals surface area contributed by atoms with Gasteiger partial charge >= 0.3 is 0 Å². The summed E-state index contributed by atoms with van der Waals surface area (Å²) in [7, 11) is 0. The first-order chi connectivity index (χ1) is 21.3. The van der Waals surface area contributed by atoms with Crippen molar-refractivity contribution in [3.63, 3.8) is 0 Å². The van der Waals surface area contributed by atoms with Crippen molar-refractivity contribution in [1.29, 1.82) is 0 Å². The number of rotatable bonds is 4. The van der Waals surface area contributed by atoms with E-state index in [9.17, 15) is 0 Å². The molecule has 2 aromatic heterocycles. The van der Waals surface area contributed by atoms with Crippen LogP contribution in [0.25, 0.3) is 43.7 Å². The Morgan fingerprint density at radius 1 is 0.636 bits per heavy atom. The molecule has 0 radical (unpaired) electrons. The summed E-state index contributed by atoms with van der Waals surface area (Å²) in [5.74, 6) is 1.20. The van der Waals surface area contributed by atoms with Gasteiger partial charge in [0, 0.05) is 60.4 Å². The smallest absolute Gasteiger partial charge is 0.218 e. The second kappa shape index (κ2) is 10.5. The number of furan rings is 1. The average molecular weight is 748 g/mol. The fraction of sp³-hybridized carbons (Fsp3) is 0. The Hall–Kier alpha value is -5.12. The van der Waals surface area contributed by atoms with Gasteiger partial charge in [0.2, 0.25) is 5.71 Å². The van der Waals surface area contributed by atoms with E-state index in [4.69, 9.17) is 14.1 Å². The van der Waals surface area contributed by atoms with Crippen LogP contribution >= 0.6 is 0 Å². The molecule has 5 nitrogen and oxygen atoms in total. The molecular weight excluding hydrogens is 726 g/mol. The molecule has 6 aromatic carbocycles. The van der Waals surface area contributed by atoms with Crippen LogP contribution in [0.4, 0.5) is 22.7 Å². The minimum Gasteiger partial charge on any atom is -0.503 e. The van der Waals surface area contributed by atoms with Crippen molar-refractivity contribution in [3.05, 3.63) is 146 Å². The normalized spacial score (nSPS) is 12.6. The van der Waals surface area contributed by atoms with Crippen LogP contribution in [0.2, 0.25) is 0 Å². The Labute approximate surface area is 268 Å². The number of benzene rings is 6. The minimum atomic E-state index is 0. The van der Waals surface area contributed by atoms with E-state index in [1.54, 1.807) is 0 Å². The van der Waals surface area contributed by atoms with Crippen molar-refractivity contribution in [1.82, 2.24) is 4.98 Å². The number of para-hydroxylation sites is 4. The van der Waals surface area contributed by atoms with E-state index < -0.39 is 0 Å². The maximum absolute atomic E-state index is 6.35. The van der Waals surface area contributed by atoms with E-state index in [2.05, 4.69) is 89.3 Å². The van der Waals surface area contributed by atoms with Gasteiger partial charge in [0.15, 0.2) is 0 Å². The second-order valence-electron chi connectivity index (χ2n) is 10.5. The summed E-state index contributed by atoms with van der Waals surface area (Å²) in [6, 6.07) is 49.9. The molecule has 0 bridgehead atoms. The third kappa shape index (κ3) is 4.32. The second-order valence-corrected chi connectivity index (χ2v) is 10.5. The molecule has 8 aromatic rings. The number of anilines is 4. The van der Waals surface area contributed by atoms with Crippen molar-refractivity contribution in [3.8, 4) is 11.5 Å². The monoisotopic (exact) mass is 747 g/mol. The van der Waals surface area contributed by atoms with Gasteiger partial charge < -0.3 is 19.0 Å². The molecule has 3 heterocycles. The molecule has 0 atom stereocenters. The van der Waals surface area contributed by atoms with Gasteiger partial charge in [0.25, 0.3) is 0 Å². The van der Waals surface area contributed by atoms with E-state index in [0.717, 1.165) is 60.8 Å². The van der Waals surface area contributed by atoms with E-state index in [1.807, 2.05) is 66.7 Å². The topological polar surface area (TPSA) is 41.7 Å². The number of pyridine rings is 1. The van der Waals surface area contributed by atoms with Crippen LogP contribution in [0.1, 0.15) is 0 Å². The quantitative estimate of drug-likeness (QED) is 0.133. The molecule has 6 heteroatoms. The summed E-state index contributed by atoms with van der Waals surface area (Å²) in [5.41, 5.74) is 6.43. The summed E-state index contributed by atoms with van der Waals surface area (Å²) >= 11 is 0. The first-order valence-corrected chi connectivity index (χ1v) is 14.1. The Morgan fingerprint density at radius 3 is 2.25 bits per heavy atom. The molecular formula is C38H22N3O2Pt-3. The summed E-state index contributed by atoms with van der Waals surface area (Å²) in [6.07, 6.45) is 0. The van der Waals surface area contributed by atoms with E-state index in [0.29, 0.717) is 17.2 Å². The molecule has 214 valence electrons. The zero-order valence-electron chi connectivity index (χ0n) is 23.2. The molecule has 0 aliphatic carbocycles. The molecule has 0 amide bonds. The van der Waals surface area contributed by atoms with Crippen molar-refractivity contribution in [2.24, 2.45) is 0 Å². The minimum absolute atomic E-state index is 0. The standard InChI is InChI=1S/C38H22N3O2.Pt/c1-2-9-27(10-3-1)40-24-41(35-15-6-5-14-34(35)40)28-11-8-12-29(22-28)42-30-20-19-25-17-18-26-21-33-31-13-4-7-16-36(31)43-38(33)39-37(26)32(25)23-30;/h1-21,24H;/q-3;. The van der Waals surface area contributed by atoms with Crippen LogP contribution in [-0.4, -0.2) is 4.98 Å². The summed E-state index contributed by atoms with van der Waals surface area (Å²) in [5, 5.41) is 5.01. The van der Waals surface area contributed by atoms with Gasteiger partial charge in [-0.15, -0.1) is 53.5 Å². The number of nitrogens with zero attached hydrogens (tertiary/aromatic N) is 3. The van der Waals surface area contributed by atoms with Crippen LogP contribution in [-0.2, 0) is 21.1 Å². The van der Waals surface area contributed by atoms with Crippen molar-refractivity contribution in [2.45, 2.75) is 0 Å². The fourth-order valence-electron chi connectivity index (χ4n) is 5.90. The third-order valence-electron chi connectivity index (χ3n) is 7.93. The van der Waals surface area contributed by atoms with Gasteiger partial charge in [-0.1, -0.05) is 66.7 Å². The van der Waals surface area contributed by atoms with Gasteiger partial charge in [0.1, 0.15) is 5.58 Å². The molecule has 1 aliphatic rings. The zero-order valence-corrected chi connectivity index (χ0v) is 25.4. The predicted octanol–water partition coefficient (Wildman–Crippen LogP) is 10.1. The molecule has 0 fully saturated rings. The summed E-state index contributed by atoms with van der Waals surface area (Å²) in [6.45, 7) is 2.09. The Morgan fingerprint density at radius 2 is 1.36 bits per heavy atom. The van der Waals surface area contributed by atoms with Gasteiger partial charge in [-0.25, -0.2) is 0 Å². The molecule has 1 aliphatic heterocycles. The predicted molar refractivity (Wildman–Crippen MR) is 172 cm³/mol. The Kier molecular flexibility index (Phi) is 6.35. The van der Waals surface area contributed by atoms with Gasteiger partial charge in [-0.2, -0.15) is 6.07 Å². The SMILES string of the molecule is [Pt].[c-]1c(Oc2[c-]c3c(cc2)ccc2cc4c(nc23)oc2ccccc24)cccc1N1[CH-]N(c2ccccc2)c2ccccc21. The van der Waals surface area contributed by atoms with E-state index in [-0.39, 0.29) is 21.1 Å². The Bertz CT molecular complexity index is 2330. The van der Waals surface area contributed by atoms with Gasteiger partial charge in [0.05, 0.1) is 0 Å². The maximum atomic E-state index is 6.35. The van der Waals surface area contributed by atoms with Crippen molar-refractivity contribution >= 4 is 66.5 Å². The van der Waals surface area contributed by atoms with Gasteiger partial charge in [-0.05, 0) is 47.3 Å². The van der Waals surface area contributed by atoms with Crippen LogP contribution < -0.4 is 14.5 Å². The number of hydrogen-bond acceptors (Lipinski definition) is 5. The molecule has 0 saturated heterocycles. The molecule has 0 N–H and O–H groups in total. The fourth-order valence-corrected chi connectivity index (χ4v) is 5.90. The molecule has 0 unspecified atom stereocenters. The first-order valence-electron chi connectivity index (χ1n) is 14.1. The molecule has 0 spiro atoms. The molecule has 0 saturated carbocycles. The van der Waals surface area contributed by atoms with Crippen LogP contribution in [0, 0.1) is 18.8 Å². The number of fused-ring (bicyclic) bond motifs is 7. The van der Waals surface area contributed by atoms with E-state index in [1.165, 1.54) is 0 Å². The molecule has 9 rings (SSSR count). The first kappa shape index (κ1) is 26.5. The van der Waals surface area contributed by atoms with Gasteiger partial charge in [-0.3, -0.25) is 4.98 Å². The summed E-state index contributed by atoms with van der Waals surface area (Å²) < 4.78 is 12.4. The Balaban J connectivity index is 0.00000289. The van der Waals surface area contributed by atoms with Crippen molar-refractivity contribution in [2.75, 3.05) is 9.80 Å². The molecule has 44 heavy (non-hydrogen) atoms. The number of ether oxygens (including phenoxy) is 1. The van der Waals surface area contributed by atoms with Crippen LogP contribution in [0.15, 0.2) is 132 Å². The largest absolute Gasteiger partial charge is 0.503 e. The third-order valence-corrected chi connectivity index (χ3v) is 7.93. The van der Waals surface area contributed by atoms with E-state index >= 15 is 0 Å². The maximum Gasteiger partial charge on any atom is 0.218 e. The average Bonchev–Trinajstić information content (AvgIpc) is 3.63.